The van der Waals surface area contributed by atoms with Crippen molar-refractivity contribution in [2.75, 3.05) is 0 Å². The van der Waals surface area contributed by atoms with Crippen LogP contribution in [0.1, 0.15) is 18.7 Å². The van der Waals surface area contributed by atoms with E-state index in [1.54, 1.807) is 0 Å². The van der Waals surface area contributed by atoms with Crippen LogP contribution in [-0.2, 0) is 0 Å². The van der Waals surface area contributed by atoms with Crippen molar-refractivity contribution in [3.8, 4) is 11.5 Å². The van der Waals surface area contributed by atoms with Gasteiger partial charge in [0.25, 0.3) is 0 Å². The number of phenolic OH excluding ortho intramolecular Hbond substituents is 2. The molecular weight excluding hydrogens is 147 g/mol. The fourth-order valence-corrected chi connectivity index (χ4v) is 0.861. The Hall–Kier alpha value is -1.25. The van der Waals surface area contributed by atoms with Gasteiger partial charge in [0.15, 0.2) is 0 Å². The molecule has 0 spiro atoms. The van der Waals surface area contributed by atoms with E-state index in [0.29, 0.717) is 0 Å². The van der Waals surface area contributed by atoms with E-state index in [1.807, 2.05) is 0 Å². The maximum absolute atomic E-state index is 12.6. The molecule has 0 aromatic heterocycles. The zero-order valence-corrected chi connectivity index (χ0v) is 6.08. The zero-order chi connectivity index (χ0) is 8.43. The smallest absolute Gasteiger partial charge is 0.126 e. The molecule has 0 fully saturated rings. The largest absolute Gasteiger partial charge is 0.508 e. The molecule has 1 atom stereocenters. The summed E-state index contributed by atoms with van der Waals surface area (Å²) in [6, 6.07) is 3.78. The number of halogens is 1. The van der Waals surface area contributed by atoms with Crippen LogP contribution in [0.5, 0.6) is 11.5 Å². The summed E-state index contributed by atoms with van der Waals surface area (Å²) in [5, 5.41) is 18.0. The third kappa shape index (κ3) is 1.61. The van der Waals surface area contributed by atoms with Gasteiger partial charge in [-0.3, -0.25) is 0 Å². The standard InChI is InChI=1S/C8H9FO2/c1-5(9)7-4-6(10)2-3-8(7)11/h2-5,10-11H,1H3. The second-order valence-corrected chi connectivity index (χ2v) is 2.36. The Labute approximate surface area is 63.9 Å². The molecule has 1 aromatic rings. The number of phenols is 2. The molecule has 1 unspecified atom stereocenters. The fraction of sp³-hybridized carbons (Fsp3) is 0.250. The maximum Gasteiger partial charge on any atom is 0.126 e. The Balaban J connectivity index is 3.13. The van der Waals surface area contributed by atoms with Crippen molar-refractivity contribution < 1.29 is 14.6 Å². The molecule has 0 bridgehead atoms. The average Bonchev–Trinajstić information content (AvgIpc) is 1.94. The number of benzene rings is 1. The minimum atomic E-state index is -1.26. The lowest BCUT2D eigenvalue weighted by atomic mass is 10.1. The second-order valence-electron chi connectivity index (χ2n) is 2.36. The molecule has 0 saturated carbocycles. The highest BCUT2D eigenvalue weighted by molar-refractivity contribution is 5.39. The molecule has 11 heavy (non-hydrogen) atoms. The number of rotatable bonds is 1. The van der Waals surface area contributed by atoms with Gasteiger partial charge in [0, 0.05) is 5.56 Å². The van der Waals surface area contributed by atoms with Gasteiger partial charge in [-0.25, -0.2) is 4.39 Å². The van der Waals surface area contributed by atoms with Crippen molar-refractivity contribution in [2.24, 2.45) is 0 Å². The van der Waals surface area contributed by atoms with Gasteiger partial charge in [0.1, 0.15) is 17.7 Å². The van der Waals surface area contributed by atoms with Gasteiger partial charge in [-0.15, -0.1) is 0 Å². The summed E-state index contributed by atoms with van der Waals surface area (Å²) >= 11 is 0. The Morgan fingerprint density at radius 2 is 2.00 bits per heavy atom. The number of aromatic hydroxyl groups is 2. The SMILES string of the molecule is CC(F)c1cc(O)ccc1O. The molecule has 0 aliphatic rings. The van der Waals surface area contributed by atoms with Crippen LogP contribution in [0, 0.1) is 0 Å². The van der Waals surface area contributed by atoms with E-state index < -0.39 is 6.17 Å². The molecule has 3 heteroatoms. The number of hydrogen-bond donors (Lipinski definition) is 2. The Morgan fingerprint density at radius 3 is 2.45 bits per heavy atom. The van der Waals surface area contributed by atoms with Crippen molar-refractivity contribution in [1.29, 1.82) is 0 Å². The highest BCUT2D eigenvalue weighted by atomic mass is 19.1. The van der Waals surface area contributed by atoms with Crippen LogP contribution in [0.3, 0.4) is 0 Å². The van der Waals surface area contributed by atoms with E-state index in [4.69, 9.17) is 10.2 Å². The van der Waals surface area contributed by atoms with Crippen LogP contribution in [0.25, 0.3) is 0 Å². The van der Waals surface area contributed by atoms with Crippen LogP contribution in [0.2, 0.25) is 0 Å². The van der Waals surface area contributed by atoms with E-state index in [1.165, 1.54) is 25.1 Å². The highest BCUT2D eigenvalue weighted by Gasteiger charge is 2.08. The van der Waals surface area contributed by atoms with Crippen LogP contribution in [0.15, 0.2) is 18.2 Å². The van der Waals surface area contributed by atoms with E-state index in [0.717, 1.165) is 0 Å². The summed E-state index contributed by atoms with van der Waals surface area (Å²) < 4.78 is 12.6. The summed E-state index contributed by atoms with van der Waals surface area (Å²) in [5.41, 5.74) is 0.116. The molecule has 0 radical (unpaired) electrons. The van der Waals surface area contributed by atoms with Crippen molar-refractivity contribution >= 4 is 0 Å². The summed E-state index contributed by atoms with van der Waals surface area (Å²) in [6.45, 7) is 1.30. The van der Waals surface area contributed by atoms with Gasteiger partial charge in [-0.05, 0) is 25.1 Å². The first-order valence-electron chi connectivity index (χ1n) is 3.27. The summed E-state index contributed by atoms with van der Waals surface area (Å²) in [7, 11) is 0. The van der Waals surface area contributed by atoms with E-state index >= 15 is 0 Å². The molecule has 0 saturated heterocycles. The van der Waals surface area contributed by atoms with E-state index in [2.05, 4.69) is 0 Å². The van der Waals surface area contributed by atoms with E-state index in [9.17, 15) is 4.39 Å². The first-order chi connectivity index (χ1) is 5.11. The predicted molar refractivity (Wildman–Crippen MR) is 39.3 cm³/mol. The summed E-state index contributed by atoms with van der Waals surface area (Å²) in [4.78, 5) is 0. The lowest BCUT2D eigenvalue weighted by Crippen LogP contribution is -1.85. The maximum atomic E-state index is 12.6. The van der Waals surface area contributed by atoms with Crippen molar-refractivity contribution in [3.63, 3.8) is 0 Å². The van der Waals surface area contributed by atoms with Gasteiger partial charge in [0.05, 0.1) is 0 Å². The molecule has 0 heterocycles. The van der Waals surface area contributed by atoms with Crippen molar-refractivity contribution in [2.45, 2.75) is 13.1 Å². The number of hydrogen-bond acceptors (Lipinski definition) is 2. The zero-order valence-electron chi connectivity index (χ0n) is 6.08. The third-order valence-corrected chi connectivity index (χ3v) is 1.44. The third-order valence-electron chi connectivity index (χ3n) is 1.44. The van der Waals surface area contributed by atoms with Crippen molar-refractivity contribution in [1.82, 2.24) is 0 Å². The van der Waals surface area contributed by atoms with Crippen LogP contribution in [0.4, 0.5) is 4.39 Å². The fourth-order valence-electron chi connectivity index (χ4n) is 0.861. The number of alkyl halides is 1. The van der Waals surface area contributed by atoms with E-state index in [-0.39, 0.29) is 17.1 Å². The van der Waals surface area contributed by atoms with Crippen LogP contribution < -0.4 is 0 Å². The molecule has 0 aliphatic heterocycles. The van der Waals surface area contributed by atoms with Gasteiger partial charge >= 0.3 is 0 Å². The Kier molecular flexibility index (Phi) is 1.98. The monoisotopic (exact) mass is 156 g/mol. The minimum Gasteiger partial charge on any atom is -0.508 e. The molecular formula is C8H9FO2. The average molecular weight is 156 g/mol. The van der Waals surface area contributed by atoms with Crippen LogP contribution >= 0.6 is 0 Å². The minimum absolute atomic E-state index is 0.0395. The molecule has 2 N–H and O–H groups in total. The lowest BCUT2D eigenvalue weighted by Gasteiger charge is -2.04. The molecule has 0 amide bonds. The highest BCUT2D eigenvalue weighted by Crippen LogP contribution is 2.29. The van der Waals surface area contributed by atoms with Gasteiger partial charge in [0.2, 0.25) is 0 Å². The first kappa shape index (κ1) is 7.85. The second kappa shape index (κ2) is 2.78. The van der Waals surface area contributed by atoms with Gasteiger partial charge in [-0.1, -0.05) is 0 Å². The van der Waals surface area contributed by atoms with Gasteiger partial charge in [-0.2, -0.15) is 0 Å². The Bertz CT molecular complexity index is 258. The Morgan fingerprint density at radius 1 is 1.36 bits per heavy atom. The first-order valence-corrected chi connectivity index (χ1v) is 3.27. The molecule has 1 aromatic carbocycles. The van der Waals surface area contributed by atoms with Gasteiger partial charge < -0.3 is 10.2 Å². The van der Waals surface area contributed by atoms with Crippen molar-refractivity contribution in [3.05, 3.63) is 23.8 Å². The summed E-state index contributed by atoms with van der Waals surface area (Å²) in [6.07, 6.45) is -1.26. The topological polar surface area (TPSA) is 40.5 Å². The summed E-state index contributed by atoms with van der Waals surface area (Å²) in [5.74, 6) is -0.167. The normalized spacial score (nSPS) is 12.9. The van der Waals surface area contributed by atoms with Crippen LogP contribution in [-0.4, -0.2) is 10.2 Å². The molecule has 1 rings (SSSR count). The molecule has 2 nitrogen and oxygen atoms in total. The molecule has 60 valence electrons. The quantitative estimate of drug-likeness (QED) is 0.611. The molecule has 0 aliphatic carbocycles. The predicted octanol–water partition coefficient (Wildman–Crippen LogP) is 2.13. The lowest BCUT2D eigenvalue weighted by molar-refractivity contribution is 0.353.